The summed E-state index contributed by atoms with van der Waals surface area (Å²) in [6, 6.07) is 16.3. The standard InChI is InChI=1S/C22H24N2O2/c1-16-9-5-6-10-17(16)15-23-20-14-8-7-13-19(20)21(25)24(22(23)26)18-11-3-2-4-12-18/h5-10,13-14,18H,2-4,11-12,15H2,1H3/p+2. The molecule has 0 amide bonds. The monoisotopic (exact) mass is 350 g/mol. The predicted octanol–water partition coefficient (Wildman–Crippen LogP) is 3.69. The van der Waals surface area contributed by atoms with Gasteiger partial charge in [-0.1, -0.05) is 52.0 Å². The molecule has 2 aromatic carbocycles. The number of nitrogens with zero attached hydrogens (tertiary/aromatic N) is 2. The molecule has 0 atom stereocenters. The van der Waals surface area contributed by atoms with Crippen molar-refractivity contribution in [3.05, 3.63) is 59.7 Å². The number of hydrogen-bond acceptors (Lipinski definition) is 2. The van der Waals surface area contributed by atoms with Gasteiger partial charge in [-0.15, -0.1) is 0 Å². The minimum atomic E-state index is 0.136. The van der Waals surface area contributed by atoms with E-state index in [1.165, 1.54) is 17.5 Å². The van der Waals surface area contributed by atoms with Gasteiger partial charge in [0.15, 0.2) is 18.0 Å². The Hall–Kier alpha value is -2.62. The van der Waals surface area contributed by atoms with E-state index >= 15 is 0 Å². The van der Waals surface area contributed by atoms with Crippen molar-refractivity contribution in [2.45, 2.75) is 51.6 Å². The molecule has 0 radical (unpaired) electrons. The Balaban J connectivity index is 1.91. The van der Waals surface area contributed by atoms with Gasteiger partial charge in [0, 0.05) is 24.5 Å². The maximum atomic E-state index is 11.1. The number of aromatic nitrogens is 2. The fourth-order valence-corrected chi connectivity index (χ4v) is 4.15. The van der Waals surface area contributed by atoms with Crippen molar-refractivity contribution in [1.29, 1.82) is 0 Å². The highest BCUT2D eigenvalue weighted by molar-refractivity contribution is 5.79. The van der Waals surface area contributed by atoms with Crippen LogP contribution in [-0.4, -0.2) is 10.2 Å². The van der Waals surface area contributed by atoms with Crippen molar-refractivity contribution in [2.24, 2.45) is 0 Å². The molecule has 1 heterocycles. The molecule has 1 aromatic heterocycles. The lowest BCUT2D eigenvalue weighted by Gasteiger charge is -2.17. The van der Waals surface area contributed by atoms with E-state index in [0.717, 1.165) is 36.6 Å². The second-order valence-corrected chi connectivity index (χ2v) is 7.32. The Morgan fingerprint density at radius 2 is 1.62 bits per heavy atom. The zero-order chi connectivity index (χ0) is 18.1. The summed E-state index contributed by atoms with van der Waals surface area (Å²) in [5.41, 5.74) is 3.21. The number of fused-ring (bicyclic) bond motifs is 1. The third-order valence-corrected chi connectivity index (χ3v) is 5.65. The molecule has 0 aliphatic heterocycles. The molecule has 26 heavy (non-hydrogen) atoms. The van der Waals surface area contributed by atoms with Crippen LogP contribution in [0.3, 0.4) is 0 Å². The number of aryl methyl sites for hydroxylation is 1. The van der Waals surface area contributed by atoms with Crippen LogP contribution in [0.4, 0.5) is 0 Å². The Kier molecular flexibility index (Phi) is 4.49. The van der Waals surface area contributed by atoms with E-state index in [0.29, 0.717) is 6.54 Å². The van der Waals surface area contributed by atoms with Crippen LogP contribution >= 0.6 is 0 Å². The van der Waals surface area contributed by atoms with Gasteiger partial charge in [-0.3, -0.25) is 0 Å². The van der Waals surface area contributed by atoms with Crippen LogP contribution in [0, 0.1) is 6.92 Å². The van der Waals surface area contributed by atoms with Crippen molar-refractivity contribution < 1.29 is 19.3 Å². The molecule has 1 fully saturated rings. The Morgan fingerprint density at radius 3 is 2.38 bits per heavy atom. The zero-order valence-corrected chi connectivity index (χ0v) is 15.2. The second-order valence-electron chi connectivity index (χ2n) is 7.32. The van der Waals surface area contributed by atoms with Gasteiger partial charge in [-0.25, -0.2) is 0 Å². The SMILES string of the molecule is Cc1ccccc1C[n+]1c(O)[n+](C2CCCCC2)c(O)c2ccccc21. The van der Waals surface area contributed by atoms with Crippen LogP contribution in [-0.2, 0) is 6.54 Å². The molecule has 4 rings (SSSR count). The Labute approximate surface area is 154 Å². The molecular formula is C22H26N2O2+2. The van der Waals surface area contributed by atoms with Gasteiger partial charge >= 0.3 is 11.9 Å². The number of benzene rings is 2. The smallest absolute Gasteiger partial charge is 0.459 e. The minimum Gasteiger partial charge on any atom is -0.459 e. The number of rotatable bonds is 3. The summed E-state index contributed by atoms with van der Waals surface area (Å²) in [6.45, 7) is 2.66. The third-order valence-electron chi connectivity index (χ3n) is 5.65. The first kappa shape index (κ1) is 16.8. The van der Waals surface area contributed by atoms with Crippen LogP contribution in [0.25, 0.3) is 10.9 Å². The van der Waals surface area contributed by atoms with E-state index < -0.39 is 0 Å². The summed E-state index contributed by atoms with van der Waals surface area (Å²) < 4.78 is 3.67. The van der Waals surface area contributed by atoms with Crippen molar-refractivity contribution >= 4 is 10.9 Å². The Bertz CT molecular complexity index is 946. The fraction of sp³-hybridized carbons (Fsp3) is 0.364. The van der Waals surface area contributed by atoms with E-state index in [1.54, 1.807) is 4.57 Å². The van der Waals surface area contributed by atoms with Gasteiger partial charge in [0.25, 0.3) is 0 Å². The summed E-state index contributed by atoms with van der Waals surface area (Å²) in [5, 5.41) is 22.8. The predicted molar refractivity (Wildman–Crippen MR) is 100 cm³/mol. The summed E-state index contributed by atoms with van der Waals surface area (Å²) in [4.78, 5) is 0. The first-order chi connectivity index (χ1) is 12.7. The lowest BCUT2D eigenvalue weighted by Crippen LogP contribution is -2.51. The van der Waals surface area contributed by atoms with E-state index in [-0.39, 0.29) is 17.9 Å². The summed E-state index contributed by atoms with van der Waals surface area (Å²) in [5.74, 6) is 0.172. The first-order valence-electron chi connectivity index (χ1n) is 9.49. The molecule has 0 spiro atoms. The molecule has 4 heteroatoms. The first-order valence-corrected chi connectivity index (χ1v) is 9.49. The lowest BCUT2D eigenvalue weighted by molar-refractivity contribution is -0.832. The minimum absolute atomic E-state index is 0.136. The van der Waals surface area contributed by atoms with Gasteiger partial charge in [0.05, 0.1) is 0 Å². The second kappa shape index (κ2) is 6.94. The quantitative estimate of drug-likeness (QED) is 0.708. The van der Waals surface area contributed by atoms with E-state index in [4.69, 9.17) is 0 Å². The van der Waals surface area contributed by atoms with Crippen molar-refractivity contribution in [1.82, 2.24) is 0 Å². The third kappa shape index (κ3) is 2.90. The van der Waals surface area contributed by atoms with Gasteiger partial charge in [0.2, 0.25) is 5.52 Å². The van der Waals surface area contributed by atoms with Crippen molar-refractivity contribution in [2.75, 3.05) is 0 Å². The summed E-state index contributed by atoms with van der Waals surface area (Å²) >= 11 is 0. The molecule has 4 nitrogen and oxygen atoms in total. The van der Waals surface area contributed by atoms with Crippen LogP contribution in [0.2, 0.25) is 0 Å². The zero-order valence-electron chi connectivity index (χ0n) is 15.2. The number of para-hydroxylation sites is 1. The molecule has 1 aliphatic carbocycles. The summed E-state index contributed by atoms with van der Waals surface area (Å²) in [6.07, 6.45) is 5.50. The Morgan fingerprint density at radius 1 is 0.923 bits per heavy atom. The molecule has 2 N–H and O–H groups in total. The maximum absolute atomic E-state index is 11.1. The van der Waals surface area contributed by atoms with E-state index in [9.17, 15) is 10.2 Å². The molecule has 1 aliphatic rings. The molecule has 3 aromatic rings. The van der Waals surface area contributed by atoms with Crippen LogP contribution in [0.1, 0.15) is 49.3 Å². The molecule has 0 saturated heterocycles. The van der Waals surface area contributed by atoms with Gasteiger partial charge in [-0.05, 0) is 31.4 Å². The lowest BCUT2D eigenvalue weighted by atomic mass is 9.95. The van der Waals surface area contributed by atoms with Gasteiger partial charge in [-0.2, -0.15) is 0 Å². The average molecular weight is 350 g/mol. The van der Waals surface area contributed by atoms with Crippen LogP contribution in [0.15, 0.2) is 48.5 Å². The van der Waals surface area contributed by atoms with Gasteiger partial charge in [0.1, 0.15) is 0 Å². The topological polar surface area (TPSA) is 48.2 Å². The van der Waals surface area contributed by atoms with Gasteiger partial charge < -0.3 is 10.2 Å². The highest BCUT2D eigenvalue weighted by Crippen LogP contribution is 2.29. The number of aromatic hydroxyl groups is 2. The molecule has 0 unspecified atom stereocenters. The number of hydrogen-bond donors (Lipinski definition) is 2. The molecule has 134 valence electrons. The van der Waals surface area contributed by atoms with Crippen molar-refractivity contribution in [3.8, 4) is 11.9 Å². The summed E-state index contributed by atoms with van der Waals surface area (Å²) in [7, 11) is 0. The highest BCUT2D eigenvalue weighted by atomic mass is 16.3. The fourth-order valence-electron chi connectivity index (χ4n) is 4.15. The maximum Gasteiger partial charge on any atom is 0.632 e. The van der Waals surface area contributed by atoms with Crippen molar-refractivity contribution in [3.63, 3.8) is 0 Å². The molecule has 1 saturated carbocycles. The average Bonchev–Trinajstić information content (AvgIpc) is 2.67. The van der Waals surface area contributed by atoms with Crippen LogP contribution < -0.4 is 9.13 Å². The normalized spacial score (nSPS) is 15.4. The van der Waals surface area contributed by atoms with E-state index in [2.05, 4.69) is 19.1 Å². The van der Waals surface area contributed by atoms with Crippen LogP contribution in [0.5, 0.6) is 11.9 Å². The highest BCUT2D eigenvalue weighted by Gasteiger charge is 2.39. The molecule has 0 bridgehead atoms. The largest absolute Gasteiger partial charge is 0.632 e. The van der Waals surface area contributed by atoms with E-state index in [1.807, 2.05) is 41.0 Å². The molecular weight excluding hydrogens is 324 g/mol.